The Labute approximate surface area is 202 Å². The summed E-state index contributed by atoms with van der Waals surface area (Å²) in [6, 6.07) is 9.58. The Morgan fingerprint density at radius 2 is 2.03 bits per heavy atom. The van der Waals surface area contributed by atoms with Crippen molar-refractivity contribution in [1.29, 1.82) is 5.26 Å². The molecule has 1 saturated heterocycles. The first-order valence-electron chi connectivity index (χ1n) is 11.9. The Balaban J connectivity index is 1.39. The summed E-state index contributed by atoms with van der Waals surface area (Å²) in [6.45, 7) is 5.04. The molecule has 8 heteroatoms. The molecule has 3 heterocycles. The minimum atomic E-state index is -1.60. The van der Waals surface area contributed by atoms with Gasteiger partial charge in [0.05, 0.1) is 23.8 Å². The maximum absolute atomic E-state index is 14.9. The number of likely N-dealkylation sites (tertiary alicyclic amines) is 1. The van der Waals surface area contributed by atoms with E-state index in [1.807, 2.05) is 32.0 Å². The lowest BCUT2D eigenvalue weighted by molar-refractivity contribution is -0.134. The molecule has 35 heavy (non-hydrogen) atoms. The minimum Gasteiger partial charge on any atom is -0.361 e. The smallest absolute Gasteiger partial charge is 0.224 e. The molecular weight excluding hydrogens is 447 g/mol. The second-order valence-electron chi connectivity index (χ2n) is 10.1. The average molecular weight is 475 g/mol. The Morgan fingerprint density at radius 1 is 1.26 bits per heavy atom. The molecule has 0 radical (unpaired) electrons. The first kappa shape index (κ1) is 23.2. The van der Waals surface area contributed by atoms with Crippen molar-refractivity contribution in [2.45, 2.75) is 64.1 Å². The van der Waals surface area contributed by atoms with Crippen LogP contribution in [0, 0.1) is 31.1 Å². The van der Waals surface area contributed by atoms with Crippen LogP contribution in [0.5, 0.6) is 0 Å². The van der Waals surface area contributed by atoms with Gasteiger partial charge in [-0.15, -0.1) is 0 Å². The summed E-state index contributed by atoms with van der Waals surface area (Å²) in [7, 11) is 0. The van der Waals surface area contributed by atoms with Gasteiger partial charge in [0.1, 0.15) is 17.0 Å². The van der Waals surface area contributed by atoms with Gasteiger partial charge >= 0.3 is 0 Å². The van der Waals surface area contributed by atoms with Crippen molar-refractivity contribution in [2.24, 2.45) is 5.92 Å². The lowest BCUT2D eigenvalue weighted by atomic mass is 9.88. The van der Waals surface area contributed by atoms with E-state index in [0.717, 1.165) is 29.7 Å². The zero-order valence-electron chi connectivity index (χ0n) is 20.1. The number of carbonyl (C=O) groups excluding carboxylic acids is 2. The van der Waals surface area contributed by atoms with Gasteiger partial charge in [0, 0.05) is 42.0 Å². The Kier molecular flexibility index (Phi) is 5.47. The Hall–Kier alpha value is -3.60. The van der Waals surface area contributed by atoms with Crippen LogP contribution >= 0.6 is 0 Å². The van der Waals surface area contributed by atoms with Crippen LogP contribution < -0.4 is 0 Å². The number of aromatic nitrogens is 2. The van der Waals surface area contributed by atoms with Crippen LogP contribution in [0.15, 0.2) is 35.0 Å². The molecule has 1 aromatic carbocycles. The fourth-order valence-corrected chi connectivity index (χ4v) is 5.54. The number of aryl methyl sites for hydroxylation is 2. The number of pyridine rings is 1. The van der Waals surface area contributed by atoms with Crippen molar-refractivity contribution >= 4 is 22.6 Å². The quantitative estimate of drug-likeness (QED) is 0.461. The highest BCUT2D eigenvalue weighted by Gasteiger charge is 2.60. The lowest BCUT2D eigenvalue weighted by Crippen LogP contribution is -2.48. The number of Topliss-reactive ketones (excluding diaryl/α,β-unsaturated/α-hetero) is 1. The molecular formula is C27H27FN4O3. The van der Waals surface area contributed by atoms with Gasteiger partial charge < -0.3 is 9.42 Å². The predicted molar refractivity (Wildman–Crippen MR) is 127 cm³/mol. The largest absolute Gasteiger partial charge is 0.361 e. The number of alkyl halides is 1. The molecule has 0 bridgehead atoms. The highest BCUT2D eigenvalue weighted by atomic mass is 19.1. The molecule has 1 aliphatic heterocycles. The standard InChI is InChI=1S/C27H27FN4O3/c1-16-25(17(2)35-31-16)18-4-7-22-21(12-18)20(10-11-30-22)23(33)8-9-24(34)32-15-26(3,28)13-27(32,14-29)19-5-6-19/h4,7,10-12,19H,5-6,8-9,13,15H2,1-3H3/t26?,27-/m0/s1. The number of amides is 1. The van der Waals surface area contributed by atoms with E-state index >= 15 is 0 Å². The second-order valence-corrected chi connectivity index (χ2v) is 10.1. The van der Waals surface area contributed by atoms with Crippen molar-refractivity contribution in [2.75, 3.05) is 6.54 Å². The molecule has 3 aromatic rings. The van der Waals surface area contributed by atoms with Crippen LogP contribution in [0.4, 0.5) is 4.39 Å². The maximum atomic E-state index is 14.9. The molecule has 1 amide bonds. The molecule has 0 N–H and O–H groups in total. The first-order chi connectivity index (χ1) is 16.6. The van der Waals surface area contributed by atoms with Crippen molar-refractivity contribution in [3.8, 4) is 17.2 Å². The fourth-order valence-electron chi connectivity index (χ4n) is 5.54. The third kappa shape index (κ3) is 3.99. The van der Waals surface area contributed by atoms with E-state index in [2.05, 4.69) is 16.2 Å². The van der Waals surface area contributed by atoms with Gasteiger partial charge in [-0.25, -0.2) is 4.39 Å². The normalized spacial score (nSPS) is 24.0. The number of nitrogens with zero attached hydrogens (tertiary/aromatic N) is 4. The van der Waals surface area contributed by atoms with Crippen molar-refractivity contribution in [3.63, 3.8) is 0 Å². The number of hydrogen-bond acceptors (Lipinski definition) is 6. The SMILES string of the molecule is Cc1noc(C)c1-c1ccc2nccc(C(=O)CCC(=O)N3CC(C)(F)C[C@]3(C#N)C3CC3)c2c1. The highest BCUT2D eigenvalue weighted by molar-refractivity contribution is 6.08. The molecule has 1 unspecified atom stereocenters. The van der Waals surface area contributed by atoms with Gasteiger partial charge in [-0.1, -0.05) is 11.2 Å². The number of hydrogen-bond donors (Lipinski definition) is 0. The van der Waals surface area contributed by atoms with E-state index in [4.69, 9.17) is 4.52 Å². The van der Waals surface area contributed by atoms with E-state index < -0.39 is 11.2 Å². The molecule has 5 rings (SSSR count). The molecule has 180 valence electrons. The second kappa shape index (κ2) is 8.26. The number of ketones is 1. The first-order valence-corrected chi connectivity index (χ1v) is 11.9. The molecule has 2 atom stereocenters. The van der Waals surface area contributed by atoms with Gasteiger partial charge in [-0.2, -0.15) is 5.26 Å². The summed E-state index contributed by atoms with van der Waals surface area (Å²) in [6.07, 6.45) is 3.15. The molecule has 1 aliphatic carbocycles. The summed E-state index contributed by atoms with van der Waals surface area (Å²) < 4.78 is 20.2. The predicted octanol–water partition coefficient (Wildman–Crippen LogP) is 5.10. The van der Waals surface area contributed by atoms with Crippen LogP contribution in [-0.2, 0) is 4.79 Å². The zero-order valence-corrected chi connectivity index (χ0v) is 20.1. The number of carbonyl (C=O) groups is 2. The van der Waals surface area contributed by atoms with E-state index in [1.165, 1.54) is 11.8 Å². The van der Waals surface area contributed by atoms with Gasteiger partial charge in [-0.05, 0) is 63.3 Å². The molecule has 1 saturated carbocycles. The van der Waals surface area contributed by atoms with Crippen molar-refractivity contribution in [1.82, 2.24) is 15.0 Å². The highest BCUT2D eigenvalue weighted by Crippen LogP contribution is 2.52. The van der Waals surface area contributed by atoms with Crippen LogP contribution in [-0.4, -0.2) is 44.5 Å². The zero-order chi connectivity index (χ0) is 25.0. The summed E-state index contributed by atoms with van der Waals surface area (Å²) in [5, 5.41) is 14.6. The molecule has 2 aliphatic rings. The van der Waals surface area contributed by atoms with Gasteiger partial charge in [-0.3, -0.25) is 14.6 Å². The average Bonchev–Trinajstić information content (AvgIpc) is 3.58. The minimum absolute atomic E-state index is 0.0108. The maximum Gasteiger partial charge on any atom is 0.224 e. The summed E-state index contributed by atoms with van der Waals surface area (Å²) in [4.78, 5) is 32.2. The molecule has 2 fully saturated rings. The number of halogens is 1. The summed E-state index contributed by atoms with van der Waals surface area (Å²) >= 11 is 0. The molecule has 2 aromatic heterocycles. The number of fused-ring (bicyclic) bond motifs is 1. The third-order valence-electron chi connectivity index (χ3n) is 7.28. The Morgan fingerprint density at radius 3 is 2.69 bits per heavy atom. The van der Waals surface area contributed by atoms with E-state index in [9.17, 15) is 19.2 Å². The fraction of sp³-hybridized carbons (Fsp3) is 0.444. The van der Waals surface area contributed by atoms with Crippen molar-refractivity contribution in [3.05, 3.63) is 47.5 Å². The van der Waals surface area contributed by atoms with E-state index in [0.29, 0.717) is 22.2 Å². The van der Waals surface area contributed by atoms with Crippen LogP contribution in [0.1, 0.15) is 60.8 Å². The number of rotatable bonds is 6. The monoisotopic (exact) mass is 474 g/mol. The molecule has 7 nitrogen and oxygen atoms in total. The Bertz CT molecular complexity index is 1370. The van der Waals surface area contributed by atoms with Crippen LogP contribution in [0.3, 0.4) is 0 Å². The van der Waals surface area contributed by atoms with Gasteiger partial charge in [0.2, 0.25) is 5.91 Å². The van der Waals surface area contributed by atoms with E-state index in [1.54, 1.807) is 12.3 Å². The van der Waals surface area contributed by atoms with Crippen molar-refractivity contribution < 1.29 is 18.5 Å². The van der Waals surface area contributed by atoms with Gasteiger partial charge in [0.25, 0.3) is 0 Å². The number of nitriles is 1. The van der Waals surface area contributed by atoms with Crippen LogP contribution in [0.25, 0.3) is 22.0 Å². The molecule has 0 spiro atoms. The van der Waals surface area contributed by atoms with E-state index in [-0.39, 0.29) is 43.4 Å². The summed E-state index contributed by atoms with van der Waals surface area (Å²) in [5.41, 5.74) is 0.940. The number of benzene rings is 1. The topological polar surface area (TPSA) is 100 Å². The van der Waals surface area contributed by atoms with Gasteiger partial charge in [0.15, 0.2) is 5.78 Å². The third-order valence-corrected chi connectivity index (χ3v) is 7.28. The van der Waals surface area contributed by atoms with Crippen LogP contribution in [0.2, 0.25) is 0 Å². The summed E-state index contributed by atoms with van der Waals surface area (Å²) in [5.74, 6) is 0.156. The lowest BCUT2D eigenvalue weighted by Gasteiger charge is -2.32.